The van der Waals surface area contributed by atoms with Gasteiger partial charge in [-0.05, 0) is 37.1 Å². The van der Waals surface area contributed by atoms with E-state index in [4.69, 9.17) is 0 Å². The zero-order valence-corrected chi connectivity index (χ0v) is 16.4. The summed E-state index contributed by atoms with van der Waals surface area (Å²) >= 11 is 0. The lowest BCUT2D eigenvalue weighted by Crippen LogP contribution is -2.49. The molecule has 0 N–H and O–H groups in total. The molecule has 0 spiro atoms. The maximum absolute atomic E-state index is 13.8. The van der Waals surface area contributed by atoms with E-state index in [0.29, 0.717) is 18.7 Å². The molecule has 1 fully saturated rings. The normalized spacial score (nSPS) is 15.0. The second kappa shape index (κ2) is 8.53. The van der Waals surface area contributed by atoms with Gasteiger partial charge in [-0.1, -0.05) is 30.3 Å². The highest BCUT2D eigenvalue weighted by Crippen LogP contribution is 2.23. The molecule has 0 aliphatic carbocycles. The van der Waals surface area contributed by atoms with Crippen molar-refractivity contribution in [1.29, 1.82) is 0 Å². The number of amides is 1. The number of nitrogens with zero attached hydrogens (tertiary/aromatic N) is 3. The summed E-state index contributed by atoms with van der Waals surface area (Å²) in [6, 6.07) is 13.0. The second-order valence-electron chi connectivity index (χ2n) is 7.32. The van der Waals surface area contributed by atoms with E-state index in [0.717, 1.165) is 26.2 Å². The fourth-order valence-electron chi connectivity index (χ4n) is 3.51. The summed E-state index contributed by atoms with van der Waals surface area (Å²) in [5, 5.41) is 0. The minimum Gasteiger partial charge on any atom is -0.369 e. The van der Waals surface area contributed by atoms with Gasteiger partial charge in [0.15, 0.2) is 0 Å². The van der Waals surface area contributed by atoms with Crippen molar-refractivity contribution >= 4 is 11.6 Å². The first kappa shape index (κ1) is 19.4. The lowest BCUT2D eigenvalue weighted by Gasteiger charge is -2.37. The van der Waals surface area contributed by atoms with Crippen LogP contribution in [0.5, 0.6) is 0 Å². The molecule has 0 atom stereocenters. The van der Waals surface area contributed by atoms with Crippen LogP contribution < -0.4 is 4.90 Å². The van der Waals surface area contributed by atoms with Crippen molar-refractivity contribution in [2.75, 3.05) is 44.7 Å². The molecule has 0 aromatic heterocycles. The minimum atomic E-state index is -0.265. The highest BCUT2D eigenvalue weighted by molar-refractivity contribution is 5.78. The van der Waals surface area contributed by atoms with Crippen molar-refractivity contribution in [3.05, 3.63) is 65.0 Å². The van der Waals surface area contributed by atoms with Crippen molar-refractivity contribution in [3.8, 4) is 0 Å². The molecule has 0 radical (unpaired) electrons. The summed E-state index contributed by atoms with van der Waals surface area (Å²) in [7, 11) is 1.74. The number of benzene rings is 2. The second-order valence-corrected chi connectivity index (χ2v) is 7.32. The topological polar surface area (TPSA) is 26.8 Å². The first-order chi connectivity index (χ1) is 13.0. The van der Waals surface area contributed by atoms with Crippen molar-refractivity contribution in [1.82, 2.24) is 9.80 Å². The van der Waals surface area contributed by atoms with E-state index in [1.54, 1.807) is 30.1 Å². The Morgan fingerprint density at radius 1 is 1.04 bits per heavy atom. The van der Waals surface area contributed by atoms with Crippen molar-refractivity contribution in [2.45, 2.75) is 20.4 Å². The molecule has 144 valence electrons. The van der Waals surface area contributed by atoms with E-state index < -0.39 is 0 Å². The van der Waals surface area contributed by atoms with Crippen LogP contribution in [0.1, 0.15) is 16.7 Å². The van der Waals surface area contributed by atoms with E-state index in [2.05, 4.69) is 41.8 Å². The lowest BCUT2D eigenvalue weighted by molar-refractivity contribution is -0.131. The number of halogens is 1. The molecule has 0 saturated carbocycles. The van der Waals surface area contributed by atoms with Crippen LogP contribution in [0.25, 0.3) is 0 Å². The Balaban J connectivity index is 1.52. The molecule has 1 heterocycles. The van der Waals surface area contributed by atoms with Gasteiger partial charge in [-0.25, -0.2) is 4.39 Å². The van der Waals surface area contributed by atoms with Crippen LogP contribution in [-0.2, 0) is 11.3 Å². The molecular weight excluding hydrogens is 341 g/mol. The van der Waals surface area contributed by atoms with Gasteiger partial charge in [0.1, 0.15) is 5.82 Å². The van der Waals surface area contributed by atoms with Crippen molar-refractivity contribution in [2.24, 2.45) is 0 Å². The Morgan fingerprint density at radius 3 is 2.44 bits per heavy atom. The third-order valence-electron chi connectivity index (χ3n) is 5.44. The predicted octanol–water partition coefficient (Wildman–Crippen LogP) is 3.22. The van der Waals surface area contributed by atoms with Gasteiger partial charge in [0.2, 0.25) is 5.91 Å². The number of hydrogen-bond acceptors (Lipinski definition) is 3. The third kappa shape index (κ3) is 4.66. The van der Waals surface area contributed by atoms with Crippen LogP contribution in [-0.4, -0.2) is 55.5 Å². The molecule has 0 bridgehead atoms. The molecule has 1 amide bonds. The predicted molar refractivity (Wildman–Crippen MR) is 107 cm³/mol. The molecule has 3 rings (SSSR count). The maximum atomic E-state index is 13.8. The number of piperazine rings is 1. The molecule has 2 aromatic carbocycles. The summed E-state index contributed by atoms with van der Waals surface area (Å²) in [4.78, 5) is 18.7. The van der Waals surface area contributed by atoms with Crippen LogP contribution in [0.3, 0.4) is 0 Å². The highest BCUT2D eigenvalue weighted by atomic mass is 19.1. The fourth-order valence-corrected chi connectivity index (χ4v) is 3.51. The van der Waals surface area contributed by atoms with Gasteiger partial charge in [-0.3, -0.25) is 9.69 Å². The van der Waals surface area contributed by atoms with Crippen LogP contribution in [0.2, 0.25) is 0 Å². The number of carbonyl (C=O) groups is 1. The molecule has 27 heavy (non-hydrogen) atoms. The van der Waals surface area contributed by atoms with E-state index in [9.17, 15) is 9.18 Å². The summed E-state index contributed by atoms with van der Waals surface area (Å²) in [5.74, 6) is -0.238. The SMILES string of the molecule is Cc1cccc(N2CCN(CC(=O)N(C)Cc3ccccc3F)CC2)c1C. The van der Waals surface area contributed by atoms with Gasteiger partial charge in [0.25, 0.3) is 0 Å². The molecule has 2 aromatic rings. The molecule has 0 unspecified atom stereocenters. The Bertz CT molecular complexity index is 800. The average molecular weight is 369 g/mol. The smallest absolute Gasteiger partial charge is 0.236 e. The number of likely N-dealkylation sites (N-methyl/N-ethyl adjacent to an activating group) is 1. The minimum absolute atomic E-state index is 0.0263. The standard InChI is InChI=1S/C22H28FN3O/c1-17-7-6-10-21(18(17)2)26-13-11-25(12-14-26)16-22(27)24(3)15-19-8-4-5-9-20(19)23/h4-10H,11-16H2,1-3H3. The average Bonchev–Trinajstić information content (AvgIpc) is 2.66. The van der Waals surface area contributed by atoms with Gasteiger partial charge in [0, 0.05) is 51.0 Å². The van der Waals surface area contributed by atoms with E-state index >= 15 is 0 Å². The Labute approximate surface area is 161 Å². The number of carbonyl (C=O) groups excluding carboxylic acids is 1. The van der Waals surface area contributed by atoms with E-state index in [-0.39, 0.29) is 11.7 Å². The van der Waals surface area contributed by atoms with Crippen LogP contribution in [0, 0.1) is 19.7 Å². The van der Waals surface area contributed by atoms with Gasteiger partial charge in [-0.2, -0.15) is 0 Å². The molecular formula is C22H28FN3O. The Morgan fingerprint density at radius 2 is 1.74 bits per heavy atom. The summed E-state index contributed by atoms with van der Waals surface area (Å²) in [6.45, 7) is 8.51. The molecule has 1 saturated heterocycles. The Hall–Kier alpha value is -2.40. The number of hydrogen-bond donors (Lipinski definition) is 0. The van der Waals surface area contributed by atoms with E-state index in [1.165, 1.54) is 22.9 Å². The third-order valence-corrected chi connectivity index (χ3v) is 5.44. The Kier molecular flexibility index (Phi) is 6.11. The first-order valence-electron chi connectivity index (χ1n) is 9.46. The number of aryl methyl sites for hydroxylation is 1. The van der Waals surface area contributed by atoms with Gasteiger partial charge < -0.3 is 9.80 Å². The van der Waals surface area contributed by atoms with Crippen molar-refractivity contribution < 1.29 is 9.18 Å². The summed E-state index contributed by atoms with van der Waals surface area (Å²) in [6.07, 6.45) is 0. The lowest BCUT2D eigenvalue weighted by atomic mass is 10.1. The summed E-state index contributed by atoms with van der Waals surface area (Å²) < 4.78 is 13.8. The molecule has 5 heteroatoms. The van der Waals surface area contributed by atoms with Crippen LogP contribution in [0.15, 0.2) is 42.5 Å². The van der Waals surface area contributed by atoms with Gasteiger partial charge in [0.05, 0.1) is 6.54 Å². The number of anilines is 1. The fraction of sp³-hybridized carbons (Fsp3) is 0.409. The zero-order chi connectivity index (χ0) is 19.4. The summed E-state index contributed by atoms with van der Waals surface area (Å²) in [5.41, 5.74) is 4.47. The van der Waals surface area contributed by atoms with Crippen LogP contribution in [0.4, 0.5) is 10.1 Å². The van der Waals surface area contributed by atoms with Crippen LogP contribution >= 0.6 is 0 Å². The molecule has 4 nitrogen and oxygen atoms in total. The van der Waals surface area contributed by atoms with E-state index in [1.807, 2.05) is 0 Å². The van der Waals surface area contributed by atoms with Gasteiger partial charge in [-0.15, -0.1) is 0 Å². The zero-order valence-electron chi connectivity index (χ0n) is 16.4. The quantitative estimate of drug-likeness (QED) is 0.810. The monoisotopic (exact) mass is 369 g/mol. The largest absolute Gasteiger partial charge is 0.369 e. The molecule has 1 aliphatic heterocycles. The maximum Gasteiger partial charge on any atom is 0.236 e. The number of rotatable bonds is 5. The van der Waals surface area contributed by atoms with Gasteiger partial charge >= 0.3 is 0 Å². The molecule has 1 aliphatic rings. The van der Waals surface area contributed by atoms with Crippen molar-refractivity contribution in [3.63, 3.8) is 0 Å². The highest BCUT2D eigenvalue weighted by Gasteiger charge is 2.22. The first-order valence-corrected chi connectivity index (χ1v) is 9.46.